The van der Waals surface area contributed by atoms with Crippen LogP contribution in [0.25, 0.3) is 0 Å². The number of hydrogen-bond donors (Lipinski definition) is 2. The fourth-order valence-electron chi connectivity index (χ4n) is 1.73. The standard InChI is InChI=1S/C12H23N3O3/c1-12(2,3)18-11(17)14-6-5-9-10(16)15(4)8-7-13-9/h9,13H,5-8H2,1-4H3,(H,14,17). The molecule has 0 bridgehead atoms. The third-order valence-electron chi connectivity index (χ3n) is 2.61. The summed E-state index contributed by atoms with van der Waals surface area (Å²) in [6.45, 7) is 7.38. The van der Waals surface area contributed by atoms with Crippen LogP contribution in [0.2, 0.25) is 0 Å². The molecule has 0 aromatic heterocycles. The smallest absolute Gasteiger partial charge is 0.407 e. The van der Waals surface area contributed by atoms with Crippen LogP contribution in [0.15, 0.2) is 0 Å². The Morgan fingerprint density at radius 1 is 1.56 bits per heavy atom. The number of piperazine rings is 1. The molecule has 1 heterocycles. The summed E-state index contributed by atoms with van der Waals surface area (Å²) in [4.78, 5) is 24.8. The summed E-state index contributed by atoms with van der Waals surface area (Å²) in [5.74, 6) is 0.0761. The van der Waals surface area contributed by atoms with Crippen LogP contribution in [0.5, 0.6) is 0 Å². The lowest BCUT2D eigenvalue weighted by molar-refractivity contribution is -0.134. The maximum absolute atomic E-state index is 11.7. The lowest BCUT2D eigenvalue weighted by Crippen LogP contribution is -2.54. The van der Waals surface area contributed by atoms with Crippen molar-refractivity contribution in [2.75, 3.05) is 26.7 Å². The molecular formula is C12H23N3O3. The van der Waals surface area contributed by atoms with Crippen molar-refractivity contribution in [3.05, 3.63) is 0 Å². The summed E-state index contributed by atoms with van der Waals surface area (Å²) >= 11 is 0. The minimum atomic E-state index is -0.497. The van der Waals surface area contributed by atoms with E-state index >= 15 is 0 Å². The molecule has 1 fully saturated rings. The first-order valence-electron chi connectivity index (χ1n) is 6.25. The predicted octanol–water partition coefficient (Wildman–Crippen LogP) is 0.331. The van der Waals surface area contributed by atoms with Crippen molar-refractivity contribution in [1.82, 2.24) is 15.5 Å². The summed E-state index contributed by atoms with van der Waals surface area (Å²) in [7, 11) is 1.79. The van der Waals surface area contributed by atoms with E-state index in [2.05, 4.69) is 10.6 Å². The first-order chi connectivity index (χ1) is 8.29. The highest BCUT2D eigenvalue weighted by molar-refractivity contribution is 5.82. The van der Waals surface area contributed by atoms with E-state index in [0.29, 0.717) is 13.0 Å². The number of rotatable bonds is 3. The van der Waals surface area contributed by atoms with E-state index in [9.17, 15) is 9.59 Å². The maximum atomic E-state index is 11.7. The van der Waals surface area contributed by atoms with E-state index in [0.717, 1.165) is 13.1 Å². The fourth-order valence-corrected chi connectivity index (χ4v) is 1.73. The normalized spacial score (nSPS) is 20.8. The van der Waals surface area contributed by atoms with Gasteiger partial charge in [-0.15, -0.1) is 0 Å². The molecule has 1 aliphatic rings. The zero-order valence-electron chi connectivity index (χ0n) is 11.6. The highest BCUT2D eigenvalue weighted by Crippen LogP contribution is 2.07. The molecule has 1 atom stereocenters. The van der Waals surface area contributed by atoms with Gasteiger partial charge in [0.15, 0.2) is 0 Å². The van der Waals surface area contributed by atoms with Crippen molar-refractivity contribution in [3.63, 3.8) is 0 Å². The number of ether oxygens (including phenoxy) is 1. The molecule has 1 aliphatic heterocycles. The van der Waals surface area contributed by atoms with Crippen molar-refractivity contribution in [1.29, 1.82) is 0 Å². The molecule has 1 unspecified atom stereocenters. The van der Waals surface area contributed by atoms with Crippen molar-refractivity contribution < 1.29 is 14.3 Å². The van der Waals surface area contributed by atoms with Crippen LogP contribution in [-0.4, -0.2) is 55.2 Å². The average molecular weight is 257 g/mol. The van der Waals surface area contributed by atoms with E-state index in [1.807, 2.05) is 20.8 Å². The highest BCUT2D eigenvalue weighted by Gasteiger charge is 2.25. The molecule has 0 radical (unpaired) electrons. The summed E-state index contributed by atoms with van der Waals surface area (Å²) in [5, 5.41) is 5.79. The molecule has 0 saturated carbocycles. The van der Waals surface area contributed by atoms with Crippen LogP contribution < -0.4 is 10.6 Å². The van der Waals surface area contributed by atoms with Crippen LogP contribution >= 0.6 is 0 Å². The fraction of sp³-hybridized carbons (Fsp3) is 0.833. The molecule has 0 aromatic carbocycles. The molecule has 104 valence electrons. The number of nitrogens with one attached hydrogen (secondary N) is 2. The van der Waals surface area contributed by atoms with Gasteiger partial charge in [-0.25, -0.2) is 4.79 Å². The third-order valence-corrected chi connectivity index (χ3v) is 2.61. The van der Waals surface area contributed by atoms with Gasteiger partial charge in [0.1, 0.15) is 5.60 Å². The predicted molar refractivity (Wildman–Crippen MR) is 68.3 cm³/mol. The van der Waals surface area contributed by atoms with Gasteiger partial charge in [-0.2, -0.15) is 0 Å². The number of carbonyl (C=O) groups excluding carboxylic acids is 2. The Kier molecular flexibility index (Phi) is 4.95. The minimum Gasteiger partial charge on any atom is -0.444 e. The van der Waals surface area contributed by atoms with Crippen LogP contribution in [0, 0.1) is 0 Å². The van der Waals surface area contributed by atoms with Crippen molar-refractivity contribution in [2.45, 2.75) is 38.8 Å². The Hall–Kier alpha value is -1.30. The van der Waals surface area contributed by atoms with Crippen molar-refractivity contribution in [2.24, 2.45) is 0 Å². The number of amides is 2. The van der Waals surface area contributed by atoms with Crippen LogP contribution in [0.4, 0.5) is 4.79 Å². The Morgan fingerprint density at radius 2 is 2.22 bits per heavy atom. The number of hydrogen-bond acceptors (Lipinski definition) is 4. The molecule has 2 amide bonds. The quantitative estimate of drug-likeness (QED) is 0.764. The van der Waals surface area contributed by atoms with Crippen LogP contribution in [0.3, 0.4) is 0 Å². The molecule has 2 N–H and O–H groups in total. The summed E-state index contributed by atoms with van der Waals surface area (Å²) in [6.07, 6.45) is 0.127. The maximum Gasteiger partial charge on any atom is 0.407 e. The van der Waals surface area contributed by atoms with Gasteiger partial charge >= 0.3 is 6.09 Å². The summed E-state index contributed by atoms with van der Waals surface area (Å²) in [5.41, 5.74) is -0.497. The number of alkyl carbamates (subject to hydrolysis) is 1. The molecule has 0 aromatic rings. The van der Waals surface area contributed by atoms with Crippen molar-refractivity contribution >= 4 is 12.0 Å². The first-order valence-corrected chi connectivity index (χ1v) is 6.25. The number of likely N-dealkylation sites (N-methyl/N-ethyl adjacent to an activating group) is 1. The van der Waals surface area contributed by atoms with Gasteiger partial charge in [0, 0.05) is 26.7 Å². The molecule has 1 saturated heterocycles. The first kappa shape index (κ1) is 14.8. The Balaban J connectivity index is 2.25. The lowest BCUT2D eigenvalue weighted by Gasteiger charge is -2.30. The zero-order valence-corrected chi connectivity index (χ0v) is 11.6. The van der Waals surface area contributed by atoms with Crippen LogP contribution in [0.1, 0.15) is 27.2 Å². The third kappa shape index (κ3) is 4.91. The Labute approximate surface area is 108 Å². The van der Waals surface area contributed by atoms with E-state index in [4.69, 9.17) is 4.74 Å². The molecule has 6 nitrogen and oxygen atoms in total. The van der Waals surface area contributed by atoms with Gasteiger partial charge in [0.25, 0.3) is 0 Å². The summed E-state index contributed by atoms with van der Waals surface area (Å²) in [6, 6.07) is -0.210. The number of nitrogens with zero attached hydrogens (tertiary/aromatic N) is 1. The van der Waals surface area contributed by atoms with Gasteiger partial charge in [-0.3, -0.25) is 4.79 Å². The monoisotopic (exact) mass is 257 g/mol. The average Bonchev–Trinajstić information content (AvgIpc) is 2.21. The van der Waals surface area contributed by atoms with Crippen molar-refractivity contribution in [3.8, 4) is 0 Å². The van der Waals surface area contributed by atoms with Crippen LogP contribution in [-0.2, 0) is 9.53 Å². The Bertz CT molecular complexity index is 312. The second-order valence-electron chi connectivity index (χ2n) is 5.48. The highest BCUT2D eigenvalue weighted by atomic mass is 16.6. The van der Waals surface area contributed by atoms with Gasteiger partial charge in [-0.05, 0) is 27.2 Å². The van der Waals surface area contributed by atoms with E-state index < -0.39 is 11.7 Å². The van der Waals surface area contributed by atoms with Gasteiger partial charge in [-0.1, -0.05) is 0 Å². The Morgan fingerprint density at radius 3 is 2.83 bits per heavy atom. The molecule has 1 rings (SSSR count). The molecule has 18 heavy (non-hydrogen) atoms. The van der Waals surface area contributed by atoms with E-state index in [-0.39, 0.29) is 11.9 Å². The molecule has 0 spiro atoms. The lowest BCUT2D eigenvalue weighted by atomic mass is 10.1. The van der Waals surface area contributed by atoms with Gasteiger partial charge in [0.05, 0.1) is 6.04 Å². The second kappa shape index (κ2) is 6.04. The van der Waals surface area contributed by atoms with Gasteiger partial charge in [0.2, 0.25) is 5.91 Å². The molecular weight excluding hydrogens is 234 g/mol. The second-order valence-corrected chi connectivity index (χ2v) is 5.48. The minimum absolute atomic E-state index is 0.0761. The summed E-state index contributed by atoms with van der Waals surface area (Å²) < 4.78 is 5.11. The van der Waals surface area contributed by atoms with Gasteiger partial charge < -0.3 is 20.3 Å². The zero-order chi connectivity index (χ0) is 13.8. The molecule has 6 heteroatoms. The number of carbonyl (C=O) groups is 2. The SMILES string of the molecule is CN1CCNC(CCNC(=O)OC(C)(C)C)C1=O. The topological polar surface area (TPSA) is 70.7 Å². The van der Waals surface area contributed by atoms with E-state index in [1.54, 1.807) is 11.9 Å². The largest absolute Gasteiger partial charge is 0.444 e. The van der Waals surface area contributed by atoms with E-state index in [1.165, 1.54) is 0 Å². The molecule has 0 aliphatic carbocycles.